The van der Waals surface area contributed by atoms with Crippen LogP contribution in [-0.4, -0.2) is 0 Å². The van der Waals surface area contributed by atoms with Gasteiger partial charge in [-0.1, -0.05) is 0 Å². The van der Waals surface area contributed by atoms with Crippen LogP contribution in [0.25, 0.3) is 0 Å². The zero-order valence-corrected chi connectivity index (χ0v) is 8.64. The maximum Gasteiger partial charge on any atom is 0.354 e. The molecule has 0 saturated heterocycles. The van der Waals surface area contributed by atoms with Crippen LogP contribution in [0, 0.1) is 20.8 Å². The molecule has 54 valence electrons. The maximum atomic E-state index is 2.30. The van der Waals surface area contributed by atoms with Gasteiger partial charge in [-0.3, -0.25) is 0 Å². The third kappa shape index (κ3) is 1.48. The Hall–Kier alpha value is -0.120. The Labute approximate surface area is 75.6 Å². The second-order valence-corrected chi connectivity index (χ2v) is 3.56. The minimum Gasteiger partial charge on any atom is -0.139 e. The lowest BCUT2D eigenvalue weighted by Crippen LogP contribution is -2.27. The number of aromatic nitrogens is 1. The number of halogens is 1. The van der Waals surface area contributed by atoms with Gasteiger partial charge in [0.25, 0.3) is 0 Å². The molecule has 0 N–H and O–H groups in total. The minimum atomic E-state index is 1.30. The van der Waals surface area contributed by atoms with Crippen molar-refractivity contribution in [1.29, 1.82) is 0 Å². The Kier molecular flexibility index (Phi) is 2.28. The first-order valence-electron chi connectivity index (χ1n) is 3.27. The van der Waals surface area contributed by atoms with Crippen molar-refractivity contribution >= 4 is 22.9 Å². The second-order valence-electron chi connectivity index (χ2n) is 2.60. The van der Waals surface area contributed by atoms with Crippen molar-refractivity contribution in [3.63, 3.8) is 0 Å². The van der Waals surface area contributed by atoms with Crippen molar-refractivity contribution in [3.05, 3.63) is 29.1 Å². The Balaban J connectivity index is 3.31. The summed E-state index contributed by atoms with van der Waals surface area (Å²) in [5, 5.41) is 0. The molecule has 0 saturated carbocycles. The largest absolute Gasteiger partial charge is 0.354 e. The smallest absolute Gasteiger partial charge is 0.139 e. The van der Waals surface area contributed by atoms with Gasteiger partial charge in [0.2, 0.25) is 0 Å². The molecule has 0 spiro atoms. The highest BCUT2D eigenvalue weighted by molar-refractivity contribution is 14.1. The highest BCUT2D eigenvalue weighted by Gasteiger charge is 2.06. The third-order valence-electron chi connectivity index (χ3n) is 1.49. The van der Waals surface area contributed by atoms with E-state index in [0.29, 0.717) is 0 Å². The molecule has 1 aromatic heterocycles. The van der Waals surface area contributed by atoms with E-state index in [1.165, 1.54) is 17.0 Å². The molecule has 0 aliphatic heterocycles. The Morgan fingerprint density at radius 3 is 1.90 bits per heavy atom. The van der Waals surface area contributed by atoms with E-state index in [0.717, 1.165) is 0 Å². The van der Waals surface area contributed by atoms with Gasteiger partial charge in [0, 0.05) is 26.0 Å². The predicted octanol–water partition coefficient (Wildman–Crippen LogP) is 2.10. The summed E-state index contributed by atoms with van der Waals surface area (Å²) in [6.07, 6.45) is 0. The maximum absolute atomic E-state index is 2.30. The number of pyridine rings is 1. The second kappa shape index (κ2) is 2.86. The quantitative estimate of drug-likeness (QED) is 0.619. The molecule has 1 nitrogen and oxygen atoms in total. The van der Waals surface area contributed by atoms with E-state index in [2.05, 4.69) is 58.5 Å². The highest BCUT2D eigenvalue weighted by atomic mass is 127. The fraction of sp³-hybridized carbons (Fsp3) is 0.375. The van der Waals surface area contributed by atoms with Crippen LogP contribution in [0.2, 0.25) is 0 Å². The highest BCUT2D eigenvalue weighted by Crippen LogP contribution is 2.02. The molecule has 0 aromatic carbocycles. The van der Waals surface area contributed by atoms with Crippen molar-refractivity contribution in [2.24, 2.45) is 0 Å². The van der Waals surface area contributed by atoms with E-state index in [9.17, 15) is 0 Å². The molecule has 0 atom stereocenters. The fourth-order valence-corrected chi connectivity index (χ4v) is 1.37. The van der Waals surface area contributed by atoms with Gasteiger partial charge < -0.3 is 0 Å². The van der Waals surface area contributed by atoms with Crippen LogP contribution < -0.4 is 2.78 Å². The van der Waals surface area contributed by atoms with Gasteiger partial charge in [-0.2, -0.15) is 0 Å². The van der Waals surface area contributed by atoms with Crippen molar-refractivity contribution in [1.82, 2.24) is 0 Å². The van der Waals surface area contributed by atoms with Gasteiger partial charge in [0.15, 0.2) is 11.4 Å². The molecule has 1 aromatic rings. The number of rotatable bonds is 0. The van der Waals surface area contributed by atoms with Gasteiger partial charge in [0.1, 0.15) is 0 Å². The summed E-state index contributed by atoms with van der Waals surface area (Å²) in [7, 11) is 0. The lowest BCUT2D eigenvalue weighted by molar-refractivity contribution is -0.457. The predicted molar refractivity (Wildman–Crippen MR) is 50.3 cm³/mol. The lowest BCUT2D eigenvalue weighted by Gasteiger charge is -1.95. The Morgan fingerprint density at radius 2 is 1.50 bits per heavy atom. The summed E-state index contributed by atoms with van der Waals surface area (Å²) in [6, 6.07) is 4.36. The van der Waals surface area contributed by atoms with Crippen molar-refractivity contribution < 1.29 is 2.78 Å². The molecule has 0 bridgehead atoms. The summed E-state index contributed by atoms with van der Waals surface area (Å²) in [6.45, 7) is 6.36. The summed E-state index contributed by atoms with van der Waals surface area (Å²) >= 11 is 2.30. The normalized spacial score (nSPS) is 10.0. The van der Waals surface area contributed by atoms with E-state index in [1.807, 2.05) is 0 Å². The monoisotopic (exact) mass is 248 g/mol. The third-order valence-corrected chi connectivity index (χ3v) is 3.01. The van der Waals surface area contributed by atoms with Crippen LogP contribution in [-0.2, 0) is 0 Å². The van der Waals surface area contributed by atoms with Gasteiger partial charge in [-0.15, -0.1) is 2.78 Å². The number of nitrogens with zero attached hydrogens (tertiary/aromatic N) is 1. The zero-order valence-electron chi connectivity index (χ0n) is 6.48. The van der Waals surface area contributed by atoms with Crippen LogP contribution in [0.4, 0.5) is 0 Å². The van der Waals surface area contributed by atoms with Crippen molar-refractivity contribution in [2.45, 2.75) is 20.8 Å². The summed E-state index contributed by atoms with van der Waals surface area (Å²) in [5.41, 5.74) is 3.94. The molecule has 0 fully saturated rings. The number of aryl methyl sites for hydroxylation is 3. The first-order chi connectivity index (χ1) is 4.61. The summed E-state index contributed by atoms with van der Waals surface area (Å²) < 4.78 is 2.16. The molecular formula is C8H11IN+. The van der Waals surface area contributed by atoms with Crippen LogP contribution >= 0.6 is 22.9 Å². The molecule has 1 heterocycles. The van der Waals surface area contributed by atoms with E-state index in [1.54, 1.807) is 0 Å². The lowest BCUT2D eigenvalue weighted by atomic mass is 10.2. The molecular weight excluding hydrogens is 237 g/mol. The number of hydrogen-bond donors (Lipinski definition) is 0. The molecule has 0 amide bonds. The first kappa shape index (κ1) is 7.98. The molecule has 0 unspecified atom stereocenters. The van der Waals surface area contributed by atoms with Crippen LogP contribution in [0.1, 0.15) is 17.0 Å². The SMILES string of the molecule is Cc1cc(C)[n+](I)c(C)c1. The molecule has 0 aliphatic carbocycles. The fourth-order valence-electron chi connectivity index (χ4n) is 1.09. The average molecular weight is 248 g/mol. The van der Waals surface area contributed by atoms with E-state index in [-0.39, 0.29) is 0 Å². The topological polar surface area (TPSA) is 3.88 Å². The van der Waals surface area contributed by atoms with Crippen LogP contribution in [0.15, 0.2) is 12.1 Å². The van der Waals surface area contributed by atoms with Gasteiger partial charge in [0.05, 0.1) is 0 Å². The Morgan fingerprint density at radius 1 is 1.10 bits per heavy atom. The van der Waals surface area contributed by atoms with Gasteiger partial charge in [-0.05, 0) is 12.5 Å². The Bertz CT molecular complexity index is 232. The number of hydrogen-bond acceptors (Lipinski definition) is 0. The molecule has 10 heavy (non-hydrogen) atoms. The first-order valence-corrected chi connectivity index (χ1v) is 4.24. The van der Waals surface area contributed by atoms with Crippen molar-refractivity contribution in [3.8, 4) is 0 Å². The minimum absolute atomic E-state index is 1.30. The van der Waals surface area contributed by atoms with Gasteiger partial charge in [-0.25, -0.2) is 0 Å². The standard InChI is InChI=1S/C8H11IN/c1-6-4-7(2)10(9)8(3)5-6/h4-5H,1-3H3/q+1. The van der Waals surface area contributed by atoms with E-state index < -0.39 is 0 Å². The molecule has 1 rings (SSSR count). The molecule has 2 heteroatoms. The van der Waals surface area contributed by atoms with Crippen molar-refractivity contribution in [2.75, 3.05) is 0 Å². The summed E-state index contributed by atoms with van der Waals surface area (Å²) in [4.78, 5) is 0. The van der Waals surface area contributed by atoms with Crippen LogP contribution in [0.5, 0.6) is 0 Å². The van der Waals surface area contributed by atoms with E-state index in [4.69, 9.17) is 0 Å². The molecule has 0 radical (unpaired) electrons. The van der Waals surface area contributed by atoms with E-state index >= 15 is 0 Å². The zero-order chi connectivity index (χ0) is 7.72. The summed E-state index contributed by atoms with van der Waals surface area (Å²) in [5.74, 6) is 0. The molecule has 0 aliphatic rings. The van der Waals surface area contributed by atoms with Gasteiger partial charge >= 0.3 is 22.9 Å². The average Bonchev–Trinajstić information content (AvgIpc) is 1.82. The van der Waals surface area contributed by atoms with Crippen LogP contribution in [0.3, 0.4) is 0 Å².